The molecule has 0 aliphatic rings. The molecule has 0 aliphatic carbocycles. The van der Waals surface area contributed by atoms with Gasteiger partial charge in [0.2, 0.25) is 5.82 Å². The quantitative estimate of drug-likeness (QED) is 0.575. The molecule has 0 N–H and O–H groups in total. The van der Waals surface area contributed by atoms with Crippen LogP contribution in [0, 0.1) is 0 Å². The molecule has 0 spiro atoms. The minimum atomic E-state index is 0.108. The number of carbonyl (C=O) groups excluding carboxylic acids is 1. The number of halogens is 1. The molecule has 0 radical (unpaired) electrons. The molecule has 0 atom stereocenters. The molecule has 24 heavy (non-hydrogen) atoms. The van der Waals surface area contributed by atoms with Gasteiger partial charge in [-0.25, -0.2) is 0 Å². The lowest BCUT2D eigenvalue weighted by atomic mass is 10.1. The number of rotatable bonds is 6. The largest absolute Gasteiger partial charge is 0.484 e. The van der Waals surface area contributed by atoms with Gasteiger partial charge in [-0.3, -0.25) is 4.79 Å². The zero-order chi connectivity index (χ0) is 16.9. The van der Waals surface area contributed by atoms with E-state index in [4.69, 9.17) is 9.26 Å². The number of ether oxygens (including phenoxy) is 1. The molecule has 0 bridgehead atoms. The van der Waals surface area contributed by atoms with Crippen molar-refractivity contribution in [1.29, 1.82) is 0 Å². The van der Waals surface area contributed by atoms with Gasteiger partial charge in [-0.1, -0.05) is 40.1 Å². The van der Waals surface area contributed by atoms with E-state index in [1.807, 2.05) is 31.2 Å². The lowest BCUT2D eigenvalue weighted by molar-refractivity contribution is 0.0988. The second-order valence-electron chi connectivity index (χ2n) is 5.11. The Morgan fingerprint density at radius 3 is 2.71 bits per heavy atom. The first-order valence-corrected chi connectivity index (χ1v) is 8.29. The van der Waals surface area contributed by atoms with Gasteiger partial charge in [0.25, 0.3) is 5.89 Å². The number of ketones is 1. The molecule has 1 aromatic heterocycles. The standard InChI is InChI=1S/C18H15BrN2O3/c1-2-16(22)12-6-8-15(9-7-12)23-11-17-20-18(21-24-17)13-4-3-5-14(19)10-13/h3-10H,2,11H2,1H3. The summed E-state index contributed by atoms with van der Waals surface area (Å²) in [5, 5.41) is 3.96. The number of Topliss-reactive ketones (excluding diaryl/α,β-unsaturated/α-hetero) is 1. The molecule has 6 heteroatoms. The number of nitrogens with zero attached hydrogens (tertiary/aromatic N) is 2. The third-order valence-corrected chi connectivity index (χ3v) is 3.90. The van der Waals surface area contributed by atoms with E-state index in [0.29, 0.717) is 29.4 Å². The zero-order valence-corrected chi connectivity index (χ0v) is 14.6. The molecular formula is C18H15BrN2O3. The summed E-state index contributed by atoms with van der Waals surface area (Å²) >= 11 is 3.41. The molecular weight excluding hydrogens is 372 g/mol. The maximum Gasteiger partial charge on any atom is 0.264 e. The second kappa shape index (κ2) is 7.40. The Kier molecular flexibility index (Phi) is 5.05. The van der Waals surface area contributed by atoms with Gasteiger partial charge >= 0.3 is 0 Å². The molecule has 0 fully saturated rings. The second-order valence-corrected chi connectivity index (χ2v) is 6.03. The predicted molar refractivity (Wildman–Crippen MR) is 92.8 cm³/mol. The van der Waals surface area contributed by atoms with Gasteiger partial charge in [0.15, 0.2) is 12.4 Å². The summed E-state index contributed by atoms with van der Waals surface area (Å²) in [6, 6.07) is 14.7. The van der Waals surface area contributed by atoms with Gasteiger partial charge in [0, 0.05) is 22.0 Å². The van der Waals surface area contributed by atoms with Crippen LogP contribution in [0.15, 0.2) is 57.5 Å². The van der Waals surface area contributed by atoms with E-state index < -0.39 is 0 Å². The Morgan fingerprint density at radius 2 is 2.00 bits per heavy atom. The van der Waals surface area contributed by atoms with Gasteiger partial charge in [0.05, 0.1) is 0 Å². The molecule has 3 rings (SSSR count). The normalized spacial score (nSPS) is 10.6. The van der Waals surface area contributed by atoms with E-state index in [-0.39, 0.29) is 12.4 Å². The van der Waals surface area contributed by atoms with Crippen LogP contribution in [0.25, 0.3) is 11.4 Å². The zero-order valence-electron chi connectivity index (χ0n) is 13.0. The molecule has 0 amide bonds. The highest BCUT2D eigenvalue weighted by Gasteiger charge is 2.10. The minimum Gasteiger partial charge on any atom is -0.484 e. The van der Waals surface area contributed by atoms with Crippen LogP contribution in [0.1, 0.15) is 29.6 Å². The number of carbonyl (C=O) groups is 1. The van der Waals surface area contributed by atoms with Crippen LogP contribution in [0.4, 0.5) is 0 Å². The topological polar surface area (TPSA) is 65.2 Å². The molecule has 3 aromatic rings. The van der Waals surface area contributed by atoms with E-state index in [1.54, 1.807) is 24.3 Å². The highest BCUT2D eigenvalue weighted by atomic mass is 79.9. The number of aromatic nitrogens is 2. The van der Waals surface area contributed by atoms with Gasteiger partial charge in [-0.15, -0.1) is 0 Å². The highest BCUT2D eigenvalue weighted by molar-refractivity contribution is 9.10. The number of hydrogen-bond donors (Lipinski definition) is 0. The Bertz CT molecular complexity index is 843. The van der Waals surface area contributed by atoms with Gasteiger partial charge in [0.1, 0.15) is 5.75 Å². The molecule has 1 heterocycles. The van der Waals surface area contributed by atoms with Crippen molar-refractivity contribution in [3.05, 3.63) is 64.5 Å². The fourth-order valence-corrected chi connectivity index (χ4v) is 2.54. The van der Waals surface area contributed by atoms with Crippen LogP contribution >= 0.6 is 15.9 Å². The van der Waals surface area contributed by atoms with Gasteiger partial charge in [-0.05, 0) is 36.4 Å². The number of benzene rings is 2. The van der Waals surface area contributed by atoms with Crippen LogP contribution in [-0.2, 0) is 6.61 Å². The summed E-state index contributed by atoms with van der Waals surface area (Å²) in [4.78, 5) is 15.9. The van der Waals surface area contributed by atoms with Crippen molar-refractivity contribution in [1.82, 2.24) is 10.1 Å². The predicted octanol–water partition coefficient (Wildman–Crippen LogP) is 4.67. The van der Waals surface area contributed by atoms with Crippen LogP contribution < -0.4 is 4.74 Å². The Balaban J connectivity index is 1.64. The summed E-state index contributed by atoms with van der Waals surface area (Å²) in [6.45, 7) is 2.01. The van der Waals surface area contributed by atoms with Crippen LogP contribution in [0.5, 0.6) is 5.75 Å². The summed E-state index contributed by atoms with van der Waals surface area (Å²) in [7, 11) is 0. The fourth-order valence-electron chi connectivity index (χ4n) is 2.14. The smallest absolute Gasteiger partial charge is 0.264 e. The maximum atomic E-state index is 11.6. The lowest BCUT2D eigenvalue weighted by Crippen LogP contribution is -1.98. The third-order valence-electron chi connectivity index (χ3n) is 3.41. The molecule has 0 aliphatic heterocycles. The van der Waals surface area contributed by atoms with Crippen LogP contribution in [-0.4, -0.2) is 15.9 Å². The molecule has 2 aromatic carbocycles. The van der Waals surface area contributed by atoms with E-state index in [0.717, 1.165) is 10.0 Å². The Morgan fingerprint density at radius 1 is 1.21 bits per heavy atom. The average molecular weight is 387 g/mol. The summed E-state index contributed by atoms with van der Waals surface area (Å²) in [5.41, 5.74) is 1.54. The highest BCUT2D eigenvalue weighted by Crippen LogP contribution is 2.21. The monoisotopic (exact) mass is 386 g/mol. The van der Waals surface area contributed by atoms with Crippen molar-refractivity contribution in [3.63, 3.8) is 0 Å². The Hall–Kier alpha value is -2.47. The summed E-state index contributed by atoms with van der Waals surface area (Å²) < 4.78 is 11.8. The van der Waals surface area contributed by atoms with Crippen LogP contribution in [0.2, 0.25) is 0 Å². The van der Waals surface area contributed by atoms with E-state index >= 15 is 0 Å². The first kappa shape index (κ1) is 16.4. The van der Waals surface area contributed by atoms with Crippen molar-refractivity contribution in [2.75, 3.05) is 0 Å². The number of hydrogen-bond acceptors (Lipinski definition) is 5. The molecule has 122 valence electrons. The van der Waals surface area contributed by atoms with Crippen molar-refractivity contribution >= 4 is 21.7 Å². The van der Waals surface area contributed by atoms with E-state index in [2.05, 4.69) is 26.1 Å². The third kappa shape index (κ3) is 3.89. The van der Waals surface area contributed by atoms with Crippen LogP contribution in [0.3, 0.4) is 0 Å². The molecule has 0 saturated carbocycles. The van der Waals surface area contributed by atoms with E-state index in [1.165, 1.54) is 0 Å². The van der Waals surface area contributed by atoms with E-state index in [9.17, 15) is 4.79 Å². The molecule has 5 nitrogen and oxygen atoms in total. The van der Waals surface area contributed by atoms with Gasteiger partial charge < -0.3 is 9.26 Å². The minimum absolute atomic E-state index is 0.108. The lowest BCUT2D eigenvalue weighted by Gasteiger charge is -2.04. The van der Waals surface area contributed by atoms with Crippen molar-refractivity contribution < 1.29 is 14.1 Å². The van der Waals surface area contributed by atoms with Crippen molar-refractivity contribution in [2.24, 2.45) is 0 Å². The summed E-state index contributed by atoms with van der Waals surface area (Å²) in [6.07, 6.45) is 0.487. The van der Waals surface area contributed by atoms with Crippen molar-refractivity contribution in [2.45, 2.75) is 20.0 Å². The molecule has 0 unspecified atom stereocenters. The van der Waals surface area contributed by atoms with Gasteiger partial charge in [-0.2, -0.15) is 4.98 Å². The first-order chi connectivity index (χ1) is 11.7. The Labute approximate surface area is 147 Å². The summed E-state index contributed by atoms with van der Waals surface area (Å²) in [5.74, 6) is 1.65. The fraction of sp³-hybridized carbons (Fsp3) is 0.167. The first-order valence-electron chi connectivity index (χ1n) is 7.50. The average Bonchev–Trinajstić information content (AvgIpc) is 3.09. The van der Waals surface area contributed by atoms with Crippen molar-refractivity contribution in [3.8, 4) is 17.1 Å². The molecule has 0 saturated heterocycles. The SMILES string of the molecule is CCC(=O)c1ccc(OCc2nc(-c3cccc(Br)c3)no2)cc1. The maximum absolute atomic E-state index is 11.6.